The van der Waals surface area contributed by atoms with E-state index in [1.54, 1.807) is 25.2 Å². The van der Waals surface area contributed by atoms with Crippen molar-refractivity contribution in [2.24, 2.45) is 0 Å². The van der Waals surface area contributed by atoms with E-state index in [9.17, 15) is 4.79 Å². The molecule has 1 fully saturated rings. The van der Waals surface area contributed by atoms with E-state index >= 15 is 0 Å². The SMILES string of the molecule is CCN1CCN(c2ccc(Nc3cc(N(C)C(=O)Nc4cc(OC)cc(OC)c4Cl)ncn3)cc2)CC1. The van der Waals surface area contributed by atoms with Gasteiger partial charge in [0.15, 0.2) is 0 Å². The lowest BCUT2D eigenvalue weighted by Crippen LogP contribution is -2.46. The number of piperazine rings is 1. The van der Waals surface area contributed by atoms with Gasteiger partial charge in [-0.05, 0) is 30.8 Å². The molecule has 0 spiro atoms. The van der Waals surface area contributed by atoms with E-state index in [4.69, 9.17) is 21.1 Å². The average Bonchev–Trinajstić information content (AvgIpc) is 2.94. The van der Waals surface area contributed by atoms with Gasteiger partial charge in [0, 0.05) is 62.8 Å². The zero-order chi connectivity index (χ0) is 26.4. The fraction of sp³-hybridized carbons (Fsp3) is 0.346. The number of urea groups is 1. The summed E-state index contributed by atoms with van der Waals surface area (Å²) in [4.78, 5) is 27.7. The first-order valence-corrected chi connectivity index (χ1v) is 12.4. The topological polar surface area (TPSA) is 95.1 Å². The Balaban J connectivity index is 1.41. The van der Waals surface area contributed by atoms with Crippen LogP contribution in [0.25, 0.3) is 0 Å². The van der Waals surface area contributed by atoms with Crippen LogP contribution >= 0.6 is 11.6 Å². The summed E-state index contributed by atoms with van der Waals surface area (Å²) < 4.78 is 10.5. The van der Waals surface area contributed by atoms with Crippen LogP contribution in [0.1, 0.15) is 6.92 Å². The number of hydrogen-bond donors (Lipinski definition) is 2. The Morgan fingerprint density at radius 1 is 1.05 bits per heavy atom. The molecule has 10 nitrogen and oxygen atoms in total. The number of anilines is 5. The summed E-state index contributed by atoms with van der Waals surface area (Å²) in [6.07, 6.45) is 1.41. The first kappa shape index (κ1) is 26.3. The van der Waals surface area contributed by atoms with Crippen LogP contribution in [0.4, 0.5) is 33.5 Å². The molecule has 1 aromatic heterocycles. The van der Waals surface area contributed by atoms with E-state index in [1.165, 1.54) is 31.1 Å². The molecule has 1 saturated heterocycles. The number of rotatable bonds is 8. The number of ether oxygens (including phenoxy) is 2. The van der Waals surface area contributed by atoms with Gasteiger partial charge in [0.2, 0.25) is 0 Å². The third kappa shape index (κ3) is 6.33. The lowest BCUT2D eigenvalue weighted by atomic mass is 10.2. The molecular weight excluding hydrogens is 494 g/mol. The maximum atomic E-state index is 12.9. The fourth-order valence-electron chi connectivity index (χ4n) is 4.06. The lowest BCUT2D eigenvalue weighted by Gasteiger charge is -2.35. The standard InChI is InChI=1S/C26H32ClN7O3/c1-5-33-10-12-34(13-11-33)19-8-6-18(7-9-19)30-23-16-24(29-17-28-23)32(2)26(35)31-21-14-20(36-3)15-22(37-4)25(21)27/h6-9,14-17H,5,10-13H2,1-4H3,(H,31,35)(H,28,29,30). The summed E-state index contributed by atoms with van der Waals surface area (Å²) in [5.74, 6) is 1.87. The van der Waals surface area contributed by atoms with Gasteiger partial charge in [-0.2, -0.15) is 0 Å². The lowest BCUT2D eigenvalue weighted by molar-refractivity contribution is 0.258. The van der Waals surface area contributed by atoms with E-state index < -0.39 is 6.03 Å². The zero-order valence-electron chi connectivity index (χ0n) is 21.5. The molecule has 3 aromatic rings. The monoisotopic (exact) mass is 525 g/mol. The molecular formula is C26H32ClN7O3. The number of nitrogens with zero attached hydrogens (tertiary/aromatic N) is 5. The quantitative estimate of drug-likeness (QED) is 0.437. The van der Waals surface area contributed by atoms with Crippen LogP contribution < -0.4 is 29.9 Å². The number of benzene rings is 2. The highest BCUT2D eigenvalue weighted by Gasteiger charge is 2.18. The highest BCUT2D eigenvalue weighted by Crippen LogP contribution is 2.36. The molecule has 2 N–H and O–H groups in total. The van der Waals surface area contributed by atoms with Crippen molar-refractivity contribution in [2.45, 2.75) is 6.92 Å². The van der Waals surface area contributed by atoms with Crippen molar-refractivity contribution in [3.63, 3.8) is 0 Å². The number of nitrogens with one attached hydrogen (secondary N) is 2. The van der Waals surface area contributed by atoms with Crippen LogP contribution in [0.15, 0.2) is 48.8 Å². The molecule has 37 heavy (non-hydrogen) atoms. The largest absolute Gasteiger partial charge is 0.497 e. The summed E-state index contributed by atoms with van der Waals surface area (Å²) in [5.41, 5.74) is 2.45. The first-order valence-electron chi connectivity index (χ1n) is 12.0. The minimum Gasteiger partial charge on any atom is -0.497 e. The number of halogens is 1. The molecule has 0 radical (unpaired) electrons. The Morgan fingerprint density at radius 2 is 1.78 bits per heavy atom. The summed E-state index contributed by atoms with van der Waals surface area (Å²) in [6.45, 7) is 7.51. The van der Waals surface area contributed by atoms with Gasteiger partial charge >= 0.3 is 6.03 Å². The fourth-order valence-corrected chi connectivity index (χ4v) is 4.29. The van der Waals surface area contributed by atoms with Crippen LogP contribution in [-0.4, -0.2) is 74.9 Å². The Morgan fingerprint density at radius 3 is 2.43 bits per heavy atom. The number of methoxy groups -OCH3 is 2. The number of carbonyl (C=O) groups excluding carboxylic acids is 1. The molecule has 4 rings (SSSR count). The van der Waals surface area contributed by atoms with Gasteiger partial charge in [0.05, 0.1) is 19.9 Å². The molecule has 11 heteroatoms. The molecule has 0 saturated carbocycles. The predicted octanol–water partition coefficient (Wildman–Crippen LogP) is 4.70. The second-order valence-corrected chi connectivity index (χ2v) is 8.91. The normalized spacial score (nSPS) is 13.7. The highest BCUT2D eigenvalue weighted by atomic mass is 35.5. The zero-order valence-corrected chi connectivity index (χ0v) is 22.2. The van der Waals surface area contributed by atoms with Crippen molar-refractivity contribution >= 4 is 46.3 Å². The molecule has 2 amide bonds. The van der Waals surface area contributed by atoms with E-state index in [1.807, 2.05) is 12.1 Å². The second-order valence-electron chi connectivity index (χ2n) is 8.53. The van der Waals surface area contributed by atoms with Crippen molar-refractivity contribution < 1.29 is 14.3 Å². The van der Waals surface area contributed by atoms with Crippen molar-refractivity contribution in [3.05, 3.63) is 53.8 Å². The maximum absolute atomic E-state index is 12.9. The third-order valence-corrected chi connectivity index (χ3v) is 6.73. The molecule has 1 aliphatic rings. The van der Waals surface area contributed by atoms with Crippen LogP contribution in [-0.2, 0) is 0 Å². The van der Waals surface area contributed by atoms with Gasteiger partial charge < -0.3 is 29.9 Å². The van der Waals surface area contributed by atoms with E-state index in [-0.39, 0.29) is 5.02 Å². The Hall–Kier alpha value is -3.76. The predicted molar refractivity (Wildman–Crippen MR) is 148 cm³/mol. The van der Waals surface area contributed by atoms with E-state index in [0.717, 1.165) is 38.4 Å². The van der Waals surface area contributed by atoms with Gasteiger partial charge in [0.25, 0.3) is 0 Å². The number of amides is 2. The van der Waals surface area contributed by atoms with Crippen molar-refractivity contribution in [2.75, 3.05) is 74.4 Å². The molecule has 0 bridgehead atoms. The van der Waals surface area contributed by atoms with E-state index in [0.29, 0.717) is 28.8 Å². The minimum atomic E-state index is -0.436. The van der Waals surface area contributed by atoms with Gasteiger partial charge in [-0.25, -0.2) is 14.8 Å². The maximum Gasteiger partial charge on any atom is 0.327 e. The molecule has 0 atom stereocenters. The smallest absolute Gasteiger partial charge is 0.327 e. The number of likely N-dealkylation sites (N-methyl/N-ethyl adjacent to an activating group) is 1. The van der Waals surface area contributed by atoms with Gasteiger partial charge in [-0.15, -0.1) is 0 Å². The van der Waals surface area contributed by atoms with Crippen molar-refractivity contribution in [1.29, 1.82) is 0 Å². The second kappa shape index (κ2) is 12.0. The number of hydrogen-bond acceptors (Lipinski definition) is 8. The minimum absolute atomic E-state index is 0.269. The summed E-state index contributed by atoms with van der Waals surface area (Å²) in [7, 11) is 4.63. The van der Waals surface area contributed by atoms with Crippen LogP contribution in [0.2, 0.25) is 5.02 Å². The molecule has 0 unspecified atom stereocenters. The van der Waals surface area contributed by atoms with Gasteiger partial charge in [0.1, 0.15) is 34.5 Å². The first-order chi connectivity index (χ1) is 17.9. The Labute approximate surface area is 222 Å². The van der Waals surface area contributed by atoms with E-state index in [2.05, 4.69) is 49.5 Å². The molecule has 2 heterocycles. The molecule has 196 valence electrons. The number of carbonyl (C=O) groups is 1. The average molecular weight is 526 g/mol. The van der Waals surface area contributed by atoms with Crippen molar-refractivity contribution in [1.82, 2.24) is 14.9 Å². The van der Waals surface area contributed by atoms with Crippen LogP contribution in [0.3, 0.4) is 0 Å². The third-order valence-electron chi connectivity index (χ3n) is 6.34. The van der Waals surface area contributed by atoms with Gasteiger partial charge in [-0.3, -0.25) is 4.90 Å². The van der Waals surface area contributed by atoms with Crippen LogP contribution in [0, 0.1) is 0 Å². The molecule has 0 aliphatic carbocycles. The molecule has 1 aliphatic heterocycles. The number of aromatic nitrogens is 2. The summed E-state index contributed by atoms with van der Waals surface area (Å²) >= 11 is 6.37. The van der Waals surface area contributed by atoms with Gasteiger partial charge in [-0.1, -0.05) is 18.5 Å². The van der Waals surface area contributed by atoms with Crippen LogP contribution in [0.5, 0.6) is 11.5 Å². The highest BCUT2D eigenvalue weighted by molar-refractivity contribution is 6.35. The summed E-state index contributed by atoms with van der Waals surface area (Å²) in [5, 5.41) is 6.33. The summed E-state index contributed by atoms with van der Waals surface area (Å²) in [6, 6.07) is 12.8. The molecule has 2 aromatic carbocycles. The Kier molecular flexibility index (Phi) is 8.52. The Bertz CT molecular complexity index is 1220. The van der Waals surface area contributed by atoms with Crippen molar-refractivity contribution in [3.8, 4) is 11.5 Å².